The van der Waals surface area contributed by atoms with Crippen molar-refractivity contribution < 1.29 is 9.21 Å². The Morgan fingerprint density at radius 1 is 1.29 bits per heavy atom. The highest BCUT2D eigenvalue weighted by atomic mass is 32.1. The van der Waals surface area contributed by atoms with E-state index in [-0.39, 0.29) is 6.03 Å². The number of rotatable bonds is 2. The number of thiazole rings is 1. The standard InChI is InChI=1S/C16H17N5O2S/c1-11-18-13-10-12(2-3-14(13)23-11)19-15(22)20-5-7-21(8-6-20)16-17-4-9-24-16/h2-4,9-10H,5-8H2,1H3,(H,19,22). The maximum atomic E-state index is 12.4. The zero-order valence-electron chi connectivity index (χ0n) is 13.2. The normalized spacial score (nSPS) is 15.0. The van der Waals surface area contributed by atoms with E-state index in [0.29, 0.717) is 19.0 Å². The van der Waals surface area contributed by atoms with Crippen molar-refractivity contribution >= 4 is 39.3 Å². The number of hydrogen-bond acceptors (Lipinski definition) is 6. The van der Waals surface area contributed by atoms with Crippen molar-refractivity contribution in [3.05, 3.63) is 35.7 Å². The molecule has 1 saturated heterocycles. The summed E-state index contributed by atoms with van der Waals surface area (Å²) in [6.07, 6.45) is 1.81. The molecule has 1 N–H and O–H groups in total. The topological polar surface area (TPSA) is 74.5 Å². The Bertz CT molecular complexity index is 853. The lowest BCUT2D eigenvalue weighted by Crippen LogP contribution is -2.50. The first-order valence-electron chi connectivity index (χ1n) is 7.76. The van der Waals surface area contributed by atoms with Gasteiger partial charge in [-0.05, 0) is 18.2 Å². The second-order valence-electron chi connectivity index (χ2n) is 5.63. The number of anilines is 2. The average Bonchev–Trinajstić information content (AvgIpc) is 3.23. The van der Waals surface area contributed by atoms with Gasteiger partial charge >= 0.3 is 6.03 Å². The third kappa shape index (κ3) is 2.92. The van der Waals surface area contributed by atoms with Crippen LogP contribution < -0.4 is 10.2 Å². The van der Waals surface area contributed by atoms with E-state index in [0.717, 1.165) is 35.0 Å². The molecule has 1 aliphatic heterocycles. The van der Waals surface area contributed by atoms with Crippen LogP contribution in [0.4, 0.5) is 15.6 Å². The van der Waals surface area contributed by atoms with Gasteiger partial charge in [-0.3, -0.25) is 0 Å². The monoisotopic (exact) mass is 343 g/mol. The van der Waals surface area contributed by atoms with Crippen LogP contribution in [-0.2, 0) is 0 Å². The molecular formula is C16H17N5O2S. The Morgan fingerprint density at radius 2 is 2.12 bits per heavy atom. The van der Waals surface area contributed by atoms with Gasteiger partial charge in [-0.25, -0.2) is 14.8 Å². The predicted octanol–water partition coefficient (Wildman–Crippen LogP) is 2.95. The zero-order chi connectivity index (χ0) is 16.5. The molecule has 0 spiro atoms. The van der Waals surface area contributed by atoms with Gasteiger partial charge in [-0.15, -0.1) is 11.3 Å². The number of carbonyl (C=O) groups is 1. The Labute approximate surface area is 142 Å². The number of amides is 2. The molecule has 0 saturated carbocycles. The van der Waals surface area contributed by atoms with Gasteiger partial charge in [0.05, 0.1) is 0 Å². The van der Waals surface area contributed by atoms with E-state index in [1.165, 1.54) is 0 Å². The van der Waals surface area contributed by atoms with Crippen molar-refractivity contribution in [2.45, 2.75) is 6.92 Å². The summed E-state index contributed by atoms with van der Waals surface area (Å²) in [5, 5.41) is 5.92. The molecule has 8 heteroatoms. The maximum absolute atomic E-state index is 12.4. The van der Waals surface area contributed by atoms with Gasteiger partial charge in [0.2, 0.25) is 0 Å². The van der Waals surface area contributed by atoms with Crippen LogP contribution in [0.2, 0.25) is 0 Å². The first-order valence-corrected chi connectivity index (χ1v) is 8.64. The Kier molecular flexibility index (Phi) is 3.81. The number of urea groups is 1. The highest BCUT2D eigenvalue weighted by molar-refractivity contribution is 7.13. The van der Waals surface area contributed by atoms with Crippen LogP contribution in [0.5, 0.6) is 0 Å². The second kappa shape index (κ2) is 6.12. The highest BCUT2D eigenvalue weighted by Crippen LogP contribution is 2.21. The summed E-state index contributed by atoms with van der Waals surface area (Å²) in [7, 11) is 0. The minimum Gasteiger partial charge on any atom is -0.441 e. The molecule has 4 rings (SSSR count). The maximum Gasteiger partial charge on any atom is 0.321 e. The van der Waals surface area contributed by atoms with Crippen molar-refractivity contribution in [1.82, 2.24) is 14.9 Å². The van der Waals surface area contributed by atoms with Crippen LogP contribution in [0.3, 0.4) is 0 Å². The van der Waals surface area contributed by atoms with Gasteiger partial charge in [0, 0.05) is 50.4 Å². The van der Waals surface area contributed by atoms with E-state index in [4.69, 9.17) is 4.42 Å². The predicted molar refractivity (Wildman–Crippen MR) is 93.7 cm³/mol. The fourth-order valence-electron chi connectivity index (χ4n) is 2.80. The molecular weight excluding hydrogens is 326 g/mol. The minimum atomic E-state index is -0.0895. The van der Waals surface area contributed by atoms with Crippen LogP contribution in [-0.4, -0.2) is 47.1 Å². The summed E-state index contributed by atoms with van der Waals surface area (Å²) < 4.78 is 5.45. The van der Waals surface area contributed by atoms with Crippen LogP contribution in [0.1, 0.15) is 5.89 Å². The number of nitrogens with zero attached hydrogens (tertiary/aromatic N) is 4. The van der Waals surface area contributed by atoms with E-state index in [1.807, 2.05) is 28.5 Å². The average molecular weight is 343 g/mol. The molecule has 0 radical (unpaired) electrons. The van der Waals surface area contributed by atoms with E-state index in [2.05, 4.69) is 20.2 Å². The number of fused-ring (bicyclic) bond motifs is 1. The molecule has 2 amide bonds. The summed E-state index contributed by atoms with van der Waals surface area (Å²) in [6, 6.07) is 5.39. The molecule has 0 bridgehead atoms. The number of hydrogen-bond donors (Lipinski definition) is 1. The molecule has 0 aliphatic carbocycles. The number of aromatic nitrogens is 2. The molecule has 3 aromatic rings. The largest absolute Gasteiger partial charge is 0.441 e. The van der Waals surface area contributed by atoms with Gasteiger partial charge in [0.15, 0.2) is 16.6 Å². The zero-order valence-corrected chi connectivity index (χ0v) is 14.0. The Balaban J connectivity index is 1.39. The van der Waals surface area contributed by atoms with Crippen molar-refractivity contribution in [2.75, 3.05) is 36.4 Å². The highest BCUT2D eigenvalue weighted by Gasteiger charge is 2.22. The van der Waals surface area contributed by atoms with Crippen LogP contribution in [0, 0.1) is 6.92 Å². The van der Waals surface area contributed by atoms with Crippen molar-refractivity contribution in [2.24, 2.45) is 0 Å². The number of benzene rings is 1. The molecule has 124 valence electrons. The third-order valence-corrected chi connectivity index (χ3v) is 4.83. The SMILES string of the molecule is Cc1nc2cc(NC(=O)N3CCN(c4nccs4)CC3)ccc2o1. The summed E-state index contributed by atoms with van der Waals surface area (Å²) in [5.41, 5.74) is 2.20. The quantitative estimate of drug-likeness (QED) is 0.774. The smallest absolute Gasteiger partial charge is 0.321 e. The summed E-state index contributed by atoms with van der Waals surface area (Å²) in [6.45, 7) is 4.75. The molecule has 0 atom stereocenters. The van der Waals surface area contributed by atoms with Crippen LogP contribution in [0.15, 0.2) is 34.2 Å². The molecule has 1 fully saturated rings. The summed E-state index contributed by atoms with van der Waals surface area (Å²) in [4.78, 5) is 25.1. The van der Waals surface area contributed by atoms with Crippen molar-refractivity contribution in [3.63, 3.8) is 0 Å². The summed E-state index contributed by atoms with van der Waals surface area (Å²) in [5.74, 6) is 0.617. The van der Waals surface area contributed by atoms with Gasteiger partial charge in [0.25, 0.3) is 0 Å². The molecule has 0 unspecified atom stereocenters. The first kappa shape index (κ1) is 14.9. The molecule has 1 aliphatic rings. The van der Waals surface area contributed by atoms with E-state index in [9.17, 15) is 4.79 Å². The van der Waals surface area contributed by atoms with Crippen LogP contribution in [0.25, 0.3) is 11.1 Å². The van der Waals surface area contributed by atoms with Gasteiger partial charge in [-0.2, -0.15) is 0 Å². The fourth-order valence-corrected chi connectivity index (χ4v) is 3.49. The van der Waals surface area contributed by atoms with Gasteiger partial charge < -0.3 is 19.5 Å². The number of nitrogens with one attached hydrogen (secondary N) is 1. The molecule has 2 aromatic heterocycles. The minimum absolute atomic E-state index is 0.0895. The lowest BCUT2D eigenvalue weighted by Gasteiger charge is -2.34. The molecule has 24 heavy (non-hydrogen) atoms. The molecule has 7 nitrogen and oxygen atoms in total. The first-order chi connectivity index (χ1) is 11.7. The van der Waals surface area contributed by atoms with Crippen molar-refractivity contribution in [3.8, 4) is 0 Å². The molecule has 3 heterocycles. The van der Waals surface area contributed by atoms with E-state index < -0.39 is 0 Å². The van der Waals surface area contributed by atoms with Crippen molar-refractivity contribution in [1.29, 1.82) is 0 Å². The fraction of sp³-hybridized carbons (Fsp3) is 0.312. The second-order valence-corrected chi connectivity index (χ2v) is 6.51. The summed E-state index contributed by atoms with van der Waals surface area (Å²) >= 11 is 1.62. The number of oxazole rings is 1. The lowest BCUT2D eigenvalue weighted by atomic mass is 10.3. The van der Waals surface area contributed by atoms with Gasteiger partial charge in [0.1, 0.15) is 5.52 Å². The number of carbonyl (C=O) groups excluding carboxylic acids is 1. The van der Waals surface area contributed by atoms with E-state index >= 15 is 0 Å². The Morgan fingerprint density at radius 3 is 2.88 bits per heavy atom. The van der Waals surface area contributed by atoms with Crippen LogP contribution >= 0.6 is 11.3 Å². The third-order valence-electron chi connectivity index (χ3n) is 4.00. The van der Waals surface area contributed by atoms with Gasteiger partial charge in [-0.1, -0.05) is 0 Å². The van der Waals surface area contributed by atoms with E-state index in [1.54, 1.807) is 24.5 Å². The molecule has 1 aromatic carbocycles. The number of piperazine rings is 1. The lowest BCUT2D eigenvalue weighted by molar-refractivity contribution is 0.208. The Hall–Kier alpha value is -2.61. The number of aryl methyl sites for hydroxylation is 1.